The van der Waals surface area contributed by atoms with Gasteiger partial charge in [-0.15, -0.1) is 0 Å². The van der Waals surface area contributed by atoms with E-state index in [1.165, 1.54) is 0 Å². The van der Waals surface area contributed by atoms with Crippen LogP contribution in [0.4, 0.5) is 5.69 Å². The van der Waals surface area contributed by atoms with Crippen LogP contribution in [0, 0.1) is 0 Å². The van der Waals surface area contributed by atoms with E-state index in [9.17, 15) is 4.79 Å². The average Bonchev–Trinajstić information content (AvgIpc) is 3.16. The Hall–Kier alpha value is -3.06. The predicted molar refractivity (Wildman–Crippen MR) is 108 cm³/mol. The number of methoxy groups -OCH3 is 1. The lowest BCUT2D eigenvalue weighted by atomic mass is 10.1. The fourth-order valence-electron chi connectivity index (χ4n) is 3.42. The van der Waals surface area contributed by atoms with Crippen molar-refractivity contribution in [2.45, 2.75) is 6.42 Å². The van der Waals surface area contributed by atoms with Crippen LogP contribution in [-0.4, -0.2) is 55.8 Å². The summed E-state index contributed by atoms with van der Waals surface area (Å²) in [6.07, 6.45) is 0.627. The molecule has 146 valence electrons. The number of hydrogen-bond acceptors (Lipinski definition) is 5. The first-order valence-electron chi connectivity index (χ1n) is 9.47. The summed E-state index contributed by atoms with van der Waals surface area (Å²) in [6.45, 7) is 3.48. The van der Waals surface area contributed by atoms with Gasteiger partial charge in [-0.25, -0.2) is 4.98 Å². The van der Waals surface area contributed by atoms with Gasteiger partial charge in [0.25, 0.3) is 5.91 Å². The van der Waals surface area contributed by atoms with Crippen LogP contribution in [0.5, 0.6) is 5.75 Å². The zero-order chi connectivity index (χ0) is 19.3. The molecular formula is C21H24N4O3. The minimum atomic E-state index is -0.0696. The number of aromatic nitrogens is 2. The third kappa shape index (κ3) is 3.94. The largest absolute Gasteiger partial charge is 0.497 e. The second kappa shape index (κ2) is 8.31. The van der Waals surface area contributed by atoms with Gasteiger partial charge >= 0.3 is 0 Å². The van der Waals surface area contributed by atoms with Gasteiger partial charge in [0.15, 0.2) is 0 Å². The number of aromatic amines is 1. The van der Waals surface area contributed by atoms with Gasteiger partial charge in [0.2, 0.25) is 0 Å². The lowest BCUT2D eigenvalue weighted by molar-refractivity contribution is 0.0952. The summed E-state index contributed by atoms with van der Waals surface area (Å²) in [5, 5.41) is 3.01. The van der Waals surface area contributed by atoms with Gasteiger partial charge in [-0.05, 0) is 24.3 Å². The van der Waals surface area contributed by atoms with Crippen molar-refractivity contribution in [1.82, 2.24) is 15.3 Å². The molecule has 1 amide bonds. The minimum Gasteiger partial charge on any atom is -0.497 e. The van der Waals surface area contributed by atoms with Gasteiger partial charge < -0.3 is 24.7 Å². The van der Waals surface area contributed by atoms with E-state index < -0.39 is 0 Å². The molecule has 1 aliphatic heterocycles. The molecule has 2 N–H and O–H groups in total. The molecule has 0 spiro atoms. The number of carbonyl (C=O) groups is 1. The first-order valence-corrected chi connectivity index (χ1v) is 9.47. The number of rotatable bonds is 6. The second-order valence-corrected chi connectivity index (χ2v) is 6.69. The number of hydrogen-bond donors (Lipinski definition) is 2. The Labute approximate surface area is 163 Å². The Morgan fingerprint density at radius 2 is 2.07 bits per heavy atom. The maximum Gasteiger partial charge on any atom is 0.253 e. The van der Waals surface area contributed by atoms with Crippen LogP contribution in [-0.2, 0) is 11.2 Å². The summed E-state index contributed by atoms with van der Waals surface area (Å²) in [6, 6.07) is 13.4. The monoisotopic (exact) mass is 380 g/mol. The topological polar surface area (TPSA) is 79.5 Å². The van der Waals surface area contributed by atoms with Gasteiger partial charge in [-0.3, -0.25) is 4.79 Å². The van der Waals surface area contributed by atoms with E-state index in [4.69, 9.17) is 9.47 Å². The van der Waals surface area contributed by atoms with Crippen molar-refractivity contribution in [3.05, 3.63) is 53.9 Å². The third-order valence-electron chi connectivity index (χ3n) is 4.89. The first-order chi connectivity index (χ1) is 13.7. The van der Waals surface area contributed by atoms with Crippen LogP contribution in [0.3, 0.4) is 0 Å². The van der Waals surface area contributed by atoms with Gasteiger partial charge in [0.05, 0.1) is 36.9 Å². The van der Waals surface area contributed by atoms with E-state index in [2.05, 4.69) is 20.2 Å². The SMILES string of the molecule is COc1ccc2nc(CCNC(=O)c3ccccc3N3CCOCC3)[nH]c2c1. The highest BCUT2D eigenvalue weighted by Crippen LogP contribution is 2.22. The standard InChI is InChI=1S/C21H24N4O3/c1-27-15-6-7-17-18(14-15)24-20(23-17)8-9-22-21(26)16-4-2-3-5-19(16)25-10-12-28-13-11-25/h2-7,14H,8-13H2,1H3,(H,22,26)(H,23,24). The van der Waals surface area contributed by atoms with E-state index in [0.29, 0.717) is 31.7 Å². The van der Waals surface area contributed by atoms with Crippen molar-refractivity contribution < 1.29 is 14.3 Å². The van der Waals surface area contributed by atoms with E-state index in [1.807, 2.05) is 42.5 Å². The average molecular weight is 380 g/mol. The van der Waals surface area contributed by atoms with E-state index >= 15 is 0 Å². The molecule has 0 aliphatic carbocycles. The zero-order valence-electron chi connectivity index (χ0n) is 15.9. The van der Waals surface area contributed by atoms with Gasteiger partial charge in [0, 0.05) is 37.8 Å². The number of carbonyl (C=O) groups excluding carboxylic acids is 1. The molecule has 1 saturated heterocycles. The molecule has 0 saturated carbocycles. The Morgan fingerprint density at radius 3 is 2.89 bits per heavy atom. The molecule has 1 aromatic heterocycles. The Balaban J connectivity index is 1.40. The molecule has 7 nitrogen and oxygen atoms in total. The first kappa shape index (κ1) is 18.3. The van der Waals surface area contributed by atoms with E-state index in [0.717, 1.165) is 41.4 Å². The Kier molecular flexibility index (Phi) is 5.43. The van der Waals surface area contributed by atoms with Crippen molar-refractivity contribution in [1.29, 1.82) is 0 Å². The van der Waals surface area contributed by atoms with Crippen molar-refractivity contribution in [2.24, 2.45) is 0 Å². The highest BCUT2D eigenvalue weighted by atomic mass is 16.5. The number of fused-ring (bicyclic) bond motifs is 1. The maximum absolute atomic E-state index is 12.7. The quantitative estimate of drug-likeness (QED) is 0.686. The fraction of sp³-hybridized carbons (Fsp3) is 0.333. The van der Waals surface area contributed by atoms with Crippen LogP contribution >= 0.6 is 0 Å². The third-order valence-corrected chi connectivity index (χ3v) is 4.89. The van der Waals surface area contributed by atoms with E-state index in [1.54, 1.807) is 7.11 Å². The molecular weight excluding hydrogens is 356 g/mol. The summed E-state index contributed by atoms with van der Waals surface area (Å²) in [5.74, 6) is 1.56. The molecule has 2 aromatic carbocycles. The Bertz CT molecular complexity index is 963. The predicted octanol–water partition coefficient (Wildman–Crippen LogP) is 2.38. The Morgan fingerprint density at radius 1 is 1.25 bits per heavy atom. The number of benzene rings is 2. The molecule has 1 aliphatic rings. The normalized spacial score (nSPS) is 14.2. The molecule has 0 atom stereocenters. The van der Waals surface area contributed by atoms with Crippen LogP contribution in [0.1, 0.15) is 16.2 Å². The number of nitrogens with zero attached hydrogens (tertiary/aromatic N) is 2. The summed E-state index contributed by atoms with van der Waals surface area (Å²) >= 11 is 0. The lowest BCUT2D eigenvalue weighted by Gasteiger charge is -2.30. The molecule has 1 fully saturated rings. The number of H-pyrrole nitrogens is 1. The van der Waals surface area contributed by atoms with Crippen LogP contribution < -0.4 is 15.0 Å². The number of nitrogens with one attached hydrogen (secondary N) is 2. The molecule has 0 radical (unpaired) electrons. The molecule has 28 heavy (non-hydrogen) atoms. The second-order valence-electron chi connectivity index (χ2n) is 6.69. The summed E-state index contributed by atoms with van der Waals surface area (Å²) in [7, 11) is 1.64. The van der Waals surface area contributed by atoms with Gasteiger partial charge in [-0.1, -0.05) is 12.1 Å². The molecule has 0 bridgehead atoms. The van der Waals surface area contributed by atoms with Crippen molar-refractivity contribution in [3.63, 3.8) is 0 Å². The highest BCUT2D eigenvalue weighted by molar-refractivity contribution is 5.99. The number of ether oxygens (including phenoxy) is 2. The van der Waals surface area contributed by atoms with Crippen molar-refractivity contribution >= 4 is 22.6 Å². The summed E-state index contributed by atoms with van der Waals surface area (Å²) in [5.41, 5.74) is 3.47. The number of imidazole rings is 1. The van der Waals surface area contributed by atoms with Crippen LogP contribution in [0.15, 0.2) is 42.5 Å². The van der Waals surface area contributed by atoms with Gasteiger partial charge in [0.1, 0.15) is 11.6 Å². The smallest absolute Gasteiger partial charge is 0.253 e. The molecule has 7 heteroatoms. The number of para-hydroxylation sites is 1. The highest BCUT2D eigenvalue weighted by Gasteiger charge is 2.18. The van der Waals surface area contributed by atoms with Crippen LogP contribution in [0.2, 0.25) is 0 Å². The fourth-order valence-corrected chi connectivity index (χ4v) is 3.42. The molecule has 4 rings (SSSR count). The minimum absolute atomic E-state index is 0.0696. The summed E-state index contributed by atoms with van der Waals surface area (Å²) < 4.78 is 10.7. The lowest BCUT2D eigenvalue weighted by Crippen LogP contribution is -2.38. The van der Waals surface area contributed by atoms with Crippen molar-refractivity contribution in [2.75, 3.05) is 44.9 Å². The molecule has 3 aromatic rings. The van der Waals surface area contributed by atoms with Crippen LogP contribution in [0.25, 0.3) is 11.0 Å². The number of morpholine rings is 1. The maximum atomic E-state index is 12.7. The number of amides is 1. The molecule has 0 unspecified atom stereocenters. The van der Waals surface area contributed by atoms with Crippen molar-refractivity contribution in [3.8, 4) is 5.75 Å². The summed E-state index contributed by atoms with van der Waals surface area (Å²) in [4.78, 5) is 22.8. The number of anilines is 1. The zero-order valence-corrected chi connectivity index (χ0v) is 15.9. The van der Waals surface area contributed by atoms with E-state index in [-0.39, 0.29) is 5.91 Å². The van der Waals surface area contributed by atoms with Gasteiger partial charge in [-0.2, -0.15) is 0 Å². The molecule has 2 heterocycles.